The zero-order chi connectivity index (χ0) is 12.4. The van der Waals surface area contributed by atoms with Gasteiger partial charge < -0.3 is 15.0 Å². The van der Waals surface area contributed by atoms with Crippen molar-refractivity contribution in [2.24, 2.45) is 5.41 Å². The van der Waals surface area contributed by atoms with Crippen LogP contribution in [0.5, 0.6) is 0 Å². The summed E-state index contributed by atoms with van der Waals surface area (Å²) in [5.74, 6) is 0.279. The minimum absolute atomic E-state index is 0.279. The molecule has 0 saturated carbocycles. The summed E-state index contributed by atoms with van der Waals surface area (Å²) in [5.41, 5.74) is 0.464. The van der Waals surface area contributed by atoms with Crippen molar-refractivity contribution in [3.05, 3.63) is 0 Å². The molecule has 5 heteroatoms. The average molecular weight is 253 g/mol. The molecule has 3 rings (SSSR count). The van der Waals surface area contributed by atoms with Crippen molar-refractivity contribution in [3.63, 3.8) is 0 Å². The van der Waals surface area contributed by atoms with E-state index in [0.717, 1.165) is 39.3 Å². The third-order valence-electron chi connectivity index (χ3n) is 4.57. The summed E-state index contributed by atoms with van der Waals surface area (Å²) >= 11 is 0. The lowest BCUT2D eigenvalue weighted by Crippen LogP contribution is -2.45. The zero-order valence-corrected chi connectivity index (χ0v) is 11.0. The predicted octanol–water partition coefficient (Wildman–Crippen LogP) is -0.469. The summed E-state index contributed by atoms with van der Waals surface area (Å²) in [7, 11) is 0. The molecule has 1 spiro atoms. The van der Waals surface area contributed by atoms with Crippen molar-refractivity contribution in [3.8, 4) is 0 Å². The fraction of sp³-hybridized carbons (Fsp3) is 0.923. The van der Waals surface area contributed by atoms with Gasteiger partial charge >= 0.3 is 0 Å². The average Bonchev–Trinajstić information content (AvgIpc) is 3.02. The van der Waals surface area contributed by atoms with E-state index in [1.807, 2.05) is 4.90 Å². The summed E-state index contributed by atoms with van der Waals surface area (Å²) in [5, 5.41) is 3.45. The van der Waals surface area contributed by atoms with Gasteiger partial charge in [-0.05, 0) is 31.3 Å². The van der Waals surface area contributed by atoms with Gasteiger partial charge in [0, 0.05) is 26.2 Å². The van der Waals surface area contributed by atoms with Crippen LogP contribution in [0.1, 0.15) is 12.8 Å². The molecule has 0 aromatic heterocycles. The largest absolute Gasteiger partial charge is 0.378 e. The molecular formula is C13H23N3O2. The molecule has 3 fully saturated rings. The SMILES string of the molecule is O=C(CN1CCC2(CCNC2)C1)N1CCOCC1. The van der Waals surface area contributed by atoms with Gasteiger partial charge in [-0.15, -0.1) is 0 Å². The van der Waals surface area contributed by atoms with E-state index >= 15 is 0 Å². The van der Waals surface area contributed by atoms with Gasteiger partial charge in [-0.1, -0.05) is 0 Å². The number of ether oxygens (including phenoxy) is 1. The van der Waals surface area contributed by atoms with E-state index in [1.54, 1.807) is 0 Å². The molecule has 102 valence electrons. The molecule has 0 radical (unpaired) electrons. The van der Waals surface area contributed by atoms with E-state index in [0.29, 0.717) is 25.2 Å². The number of nitrogens with one attached hydrogen (secondary N) is 1. The van der Waals surface area contributed by atoms with Crippen LogP contribution in [0.25, 0.3) is 0 Å². The Balaban J connectivity index is 1.49. The molecule has 3 heterocycles. The lowest BCUT2D eigenvalue weighted by atomic mass is 9.87. The Hall–Kier alpha value is -0.650. The van der Waals surface area contributed by atoms with E-state index in [2.05, 4.69) is 10.2 Å². The molecule has 0 bridgehead atoms. The Labute approximate surface area is 108 Å². The lowest BCUT2D eigenvalue weighted by Gasteiger charge is -2.29. The summed E-state index contributed by atoms with van der Waals surface area (Å²) in [6.07, 6.45) is 2.52. The number of morpholine rings is 1. The second-order valence-corrected chi connectivity index (χ2v) is 5.88. The van der Waals surface area contributed by atoms with E-state index in [1.165, 1.54) is 12.8 Å². The first kappa shape index (κ1) is 12.4. The first-order chi connectivity index (χ1) is 8.77. The zero-order valence-electron chi connectivity index (χ0n) is 11.0. The first-order valence-corrected chi connectivity index (χ1v) is 7.06. The first-order valence-electron chi connectivity index (χ1n) is 7.06. The van der Waals surface area contributed by atoms with Crippen LogP contribution in [-0.2, 0) is 9.53 Å². The van der Waals surface area contributed by atoms with Crippen LogP contribution in [0.3, 0.4) is 0 Å². The van der Waals surface area contributed by atoms with Crippen LogP contribution in [0, 0.1) is 5.41 Å². The summed E-state index contributed by atoms with van der Waals surface area (Å²) < 4.78 is 5.28. The van der Waals surface area contributed by atoms with Crippen LogP contribution < -0.4 is 5.32 Å². The van der Waals surface area contributed by atoms with Gasteiger partial charge in [0.1, 0.15) is 0 Å². The Morgan fingerprint density at radius 3 is 2.78 bits per heavy atom. The Kier molecular flexibility index (Phi) is 3.54. The number of hydrogen-bond donors (Lipinski definition) is 1. The molecule has 3 aliphatic heterocycles. The Morgan fingerprint density at radius 1 is 1.22 bits per heavy atom. The number of rotatable bonds is 2. The number of likely N-dealkylation sites (tertiary alicyclic amines) is 1. The molecule has 3 saturated heterocycles. The Morgan fingerprint density at radius 2 is 2.06 bits per heavy atom. The van der Waals surface area contributed by atoms with Gasteiger partial charge in [0.2, 0.25) is 5.91 Å². The number of amides is 1. The minimum Gasteiger partial charge on any atom is -0.378 e. The summed E-state index contributed by atoms with van der Waals surface area (Å²) in [6, 6.07) is 0. The van der Waals surface area contributed by atoms with E-state index in [9.17, 15) is 4.79 Å². The maximum Gasteiger partial charge on any atom is 0.236 e. The normalized spacial score (nSPS) is 33.4. The van der Waals surface area contributed by atoms with Crippen molar-refractivity contribution >= 4 is 5.91 Å². The minimum atomic E-state index is 0.279. The molecule has 5 nitrogen and oxygen atoms in total. The van der Waals surface area contributed by atoms with E-state index < -0.39 is 0 Å². The Bertz CT molecular complexity index is 309. The van der Waals surface area contributed by atoms with Crippen molar-refractivity contribution in [2.45, 2.75) is 12.8 Å². The molecule has 0 aliphatic carbocycles. The third kappa shape index (κ3) is 2.53. The highest BCUT2D eigenvalue weighted by molar-refractivity contribution is 5.78. The predicted molar refractivity (Wildman–Crippen MR) is 68.4 cm³/mol. The van der Waals surface area contributed by atoms with Gasteiger partial charge in [-0.3, -0.25) is 9.69 Å². The monoisotopic (exact) mass is 253 g/mol. The van der Waals surface area contributed by atoms with Crippen LogP contribution in [-0.4, -0.2) is 74.7 Å². The topological polar surface area (TPSA) is 44.8 Å². The number of nitrogens with zero attached hydrogens (tertiary/aromatic N) is 2. The fourth-order valence-electron chi connectivity index (χ4n) is 3.41. The molecule has 0 aromatic carbocycles. The number of carbonyl (C=O) groups is 1. The van der Waals surface area contributed by atoms with Gasteiger partial charge in [0.05, 0.1) is 19.8 Å². The molecule has 1 amide bonds. The molecule has 0 aromatic rings. The molecule has 18 heavy (non-hydrogen) atoms. The van der Waals surface area contributed by atoms with Gasteiger partial charge in [-0.25, -0.2) is 0 Å². The van der Waals surface area contributed by atoms with Crippen LogP contribution in [0.4, 0.5) is 0 Å². The summed E-state index contributed by atoms with van der Waals surface area (Å²) in [6.45, 7) is 7.97. The number of hydrogen-bond acceptors (Lipinski definition) is 4. The highest BCUT2D eigenvalue weighted by Gasteiger charge is 2.40. The second-order valence-electron chi connectivity index (χ2n) is 5.88. The number of carbonyl (C=O) groups excluding carboxylic acids is 1. The van der Waals surface area contributed by atoms with Crippen molar-refractivity contribution < 1.29 is 9.53 Å². The molecule has 3 aliphatic rings. The molecule has 1 unspecified atom stereocenters. The van der Waals surface area contributed by atoms with Crippen LogP contribution >= 0.6 is 0 Å². The maximum atomic E-state index is 12.2. The fourth-order valence-corrected chi connectivity index (χ4v) is 3.41. The van der Waals surface area contributed by atoms with Gasteiger partial charge in [0.25, 0.3) is 0 Å². The molecule has 1 atom stereocenters. The van der Waals surface area contributed by atoms with Gasteiger partial charge in [0.15, 0.2) is 0 Å². The third-order valence-corrected chi connectivity index (χ3v) is 4.57. The summed E-state index contributed by atoms with van der Waals surface area (Å²) in [4.78, 5) is 16.5. The van der Waals surface area contributed by atoms with Crippen molar-refractivity contribution in [2.75, 3.05) is 59.0 Å². The van der Waals surface area contributed by atoms with E-state index in [-0.39, 0.29) is 5.91 Å². The van der Waals surface area contributed by atoms with E-state index in [4.69, 9.17) is 4.74 Å². The quantitative estimate of drug-likeness (QED) is 0.723. The smallest absolute Gasteiger partial charge is 0.236 e. The highest BCUT2D eigenvalue weighted by Crippen LogP contribution is 2.35. The highest BCUT2D eigenvalue weighted by atomic mass is 16.5. The van der Waals surface area contributed by atoms with Crippen LogP contribution in [0.15, 0.2) is 0 Å². The van der Waals surface area contributed by atoms with Crippen LogP contribution in [0.2, 0.25) is 0 Å². The molecule has 1 N–H and O–H groups in total. The molecular weight excluding hydrogens is 230 g/mol. The maximum absolute atomic E-state index is 12.2. The van der Waals surface area contributed by atoms with Gasteiger partial charge in [-0.2, -0.15) is 0 Å². The van der Waals surface area contributed by atoms with Crippen molar-refractivity contribution in [1.29, 1.82) is 0 Å². The lowest BCUT2D eigenvalue weighted by molar-refractivity contribution is -0.136. The second kappa shape index (κ2) is 5.15. The van der Waals surface area contributed by atoms with Crippen molar-refractivity contribution in [1.82, 2.24) is 15.1 Å². The standard InChI is InChI=1S/C13H23N3O2/c17-12(16-5-7-18-8-6-16)9-15-4-2-13(11-15)1-3-14-10-13/h14H,1-11H2.